The molecule has 0 bridgehead atoms. The number of aliphatic carboxylic acids is 2. The van der Waals surface area contributed by atoms with Crippen LogP contribution in [0.25, 0.3) is 0 Å². The van der Waals surface area contributed by atoms with Crippen LogP contribution >= 0.6 is 0 Å². The molecule has 7 N–H and O–H groups in total. The standard InChI is InChI=1S/C14H22N4O8/c19-6-9(12(24)16-5-11(22)23)18-14(26)8(4-10(20)21)17-13(25)7-2-1-3-15-7/h7-9,15,19H,1-6H2,(H,16,24)(H,17,25)(H,18,26)(H,20,21)(H,22,23). The lowest BCUT2D eigenvalue weighted by atomic mass is 10.1. The fourth-order valence-corrected chi connectivity index (χ4v) is 2.32. The van der Waals surface area contributed by atoms with E-state index in [9.17, 15) is 29.1 Å². The van der Waals surface area contributed by atoms with Gasteiger partial charge in [-0.25, -0.2) is 0 Å². The minimum atomic E-state index is -1.49. The van der Waals surface area contributed by atoms with Crippen molar-refractivity contribution in [3.8, 4) is 0 Å². The first-order valence-corrected chi connectivity index (χ1v) is 7.91. The smallest absolute Gasteiger partial charge is 0.322 e. The van der Waals surface area contributed by atoms with Gasteiger partial charge in [0.2, 0.25) is 17.7 Å². The Morgan fingerprint density at radius 3 is 2.19 bits per heavy atom. The summed E-state index contributed by atoms with van der Waals surface area (Å²) in [5.74, 6) is -5.15. The number of aliphatic hydroxyl groups is 1. The molecule has 1 saturated heterocycles. The zero-order chi connectivity index (χ0) is 19.7. The second kappa shape index (κ2) is 10.3. The van der Waals surface area contributed by atoms with Crippen molar-refractivity contribution in [1.29, 1.82) is 0 Å². The van der Waals surface area contributed by atoms with Crippen molar-refractivity contribution in [1.82, 2.24) is 21.3 Å². The van der Waals surface area contributed by atoms with Crippen molar-refractivity contribution in [2.45, 2.75) is 37.4 Å². The number of rotatable bonds is 10. The van der Waals surface area contributed by atoms with Gasteiger partial charge in [-0.15, -0.1) is 0 Å². The van der Waals surface area contributed by atoms with Crippen LogP contribution in [0.1, 0.15) is 19.3 Å². The second-order valence-corrected chi connectivity index (χ2v) is 5.66. The number of nitrogens with one attached hydrogen (secondary N) is 4. The van der Waals surface area contributed by atoms with Crippen LogP contribution in [-0.4, -0.2) is 82.8 Å². The molecule has 0 aliphatic carbocycles. The third kappa shape index (κ3) is 7.03. The number of carboxylic acid groups (broad SMARTS) is 2. The summed E-state index contributed by atoms with van der Waals surface area (Å²) in [5, 5.41) is 35.9. The van der Waals surface area contributed by atoms with Crippen molar-refractivity contribution in [2.75, 3.05) is 19.7 Å². The second-order valence-electron chi connectivity index (χ2n) is 5.66. The fourth-order valence-electron chi connectivity index (χ4n) is 2.32. The first kappa shape index (κ1) is 21.3. The highest BCUT2D eigenvalue weighted by molar-refractivity contribution is 5.95. The third-order valence-electron chi connectivity index (χ3n) is 3.62. The first-order valence-electron chi connectivity index (χ1n) is 7.91. The molecule has 3 unspecified atom stereocenters. The van der Waals surface area contributed by atoms with E-state index in [1.807, 2.05) is 5.32 Å². The van der Waals surface area contributed by atoms with Gasteiger partial charge in [0.15, 0.2) is 0 Å². The van der Waals surface area contributed by atoms with Gasteiger partial charge in [0.1, 0.15) is 18.6 Å². The monoisotopic (exact) mass is 374 g/mol. The molecule has 0 radical (unpaired) electrons. The van der Waals surface area contributed by atoms with Gasteiger partial charge in [0.05, 0.1) is 19.1 Å². The van der Waals surface area contributed by atoms with Gasteiger partial charge < -0.3 is 36.6 Å². The number of carboxylic acids is 2. The molecule has 1 aliphatic rings. The number of hydrogen-bond acceptors (Lipinski definition) is 7. The van der Waals surface area contributed by atoms with E-state index in [4.69, 9.17) is 10.2 Å². The molecule has 1 fully saturated rings. The summed E-state index contributed by atoms with van der Waals surface area (Å²) in [7, 11) is 0. The quantitative estimate of drug-likeness (QED) is 0.202. The molecule has 146 valence electrons. The molecule has 12 nitrogen and oxygen atoms in total. The molecule has 26 heavy (non-hydrogen) atoms. The molecule has 3 atom stereocenters. The maximum atomic E-state index is 12.2. The van der Waals surface area contributed by atoms with Crippen LogP contribution < -0.4 is 21.3 Å². The van der Waals surface area contributed by atoms with E-state index in [2.05, 4.69) is 16.0 Å². The summed E-state index contributed by atoms with van der Waals surface area (Å²) < 4.78 is 0. The normalized spacial score (nSPS) is 18.4. The van der Waals surface area contributed by atoms with E-state index in [1.54, 1.807) is 0 Å². The van der Waals surface area contributed by atoms with Crippen LogP contribution in [-0.2, 0) is 24.0 Å². The number of amides is 3. The summed E-state index contributed by atoms with van der Waals surface area (Å²) in [6.45, 7) is -0.923. The van der Waals surface area contributed by atoms with E-state index < -0.39 is 67.4 Å². The summed E-state index contributed by atoms with van der Waals surface area (Å²) in [5.41, 5.74) is 0. The minimum absolute atomic E-state index is 0.536. The maximum absolute atomic E-state index is 12.2. The molecule has 0 aromatic carbocycles. The minimum Gasteiger partial charge on any atom is -0.481 e. The van der Waals surface area contributed by atoms with Gasteiger partial charge in [-0.05, 0) is 19.4 Å². The highest BCUT2D eigenvalue weighted by Gasteiger charge is 2.31. The van der Waals surface area contributed by atoms with Crippen molar-refractivity contribution in [3.63, 3.8) is 0 Å². The van der Waals surface area contributed by atoms with E-state index >= 15 is 0 Å². The Morgan fingerprint density at radius 2 is 1.69 bits per heavy atom. The zero-order valence-corrected chi connectivity index (χ0v) is 13.9. The third-order valence-corrected chi connectivity index (χ3v) is 3.62. The summed E-state index contributed by atoms with van der Waals surface area (Å²) in [6, 6.07) is -3.48. The van der Waals surface area contributed by atoms with E-state index in [0.29, 0.717) is 13.0 Å². The Labute approximate surface area is 148 Å². The lowest BCUT2D eigenvalue weighted by Crippen LogP contribution is -2.57. The molecule has 1 rings (SSSR count). The SMILES string of the molecule is O=C(O)CNC(=O)C(CO)NC(=O)C(CC(=O)O)NC(=O)C1CCCN1. The Kier molecular flexibility index (Phi) is 8.45. The Morgan fingerprint density at radius 1 is 1.00 bits per heavy atom. The molecule has 3 amide bonds. The van der Waals surface area contributed by atoms with E-state index in [1.165, 1.54) is 0 Å². The lowest BCUT2D eigenvalue weighted by Gasteiger charge is -2.22. The molecule has 0 saturated carbocycles. The van der Waals surface area contributed by atoms with Gasteiger partial charge in [0.25, 0.3) is 0 Å². The van der Waals surface area contributed by atoms with E-state index in [0.717, 1.165) is 6.42 Å². The Bertz CT molecular complexity index is 561. The summed E-state index contributed by atoms with van der Waals surface area (Å²) in [4.78, 5) is 57.4. The molecule has 1 aliphatic heterocycles. The van der Waals surface area contributed by atoms with Gasteiger partial charge >= 0.3 is 11.9 Å². The van der Waals surface area contributed by atoms with Crippen LogP contribution in [0.2, 0.25) is 0 Å². The van der Waals surface area contributed by atoms with Gasteiger partial charge in [-0.2, -0.15) is 0 Å². The molecule has 1 heterocycles. The average Bonchev–Trinajstić information content (AvgIpc) is 3.10. The number of carbonyl (C=O) groups excluding carboxylic acids is 3. The summed E-state index contributed by atoms with van der Waals surface area (Å²) >= 11 is 0. The van der Waals surface area contributed by atoms with Crippen molar-refractivity contribution in [3.05, 3.63) is 0 Å². The molecular formula is C14H22N4O8. The highest BCUT2D eigenvalue weighted by Crippen LogP contribution is 2.06. The van der Waals surface area contributed by atoms with Gasteiger partial charge in [0, 0.05) is 0 Å². The van der Waals surface area contributed by atoms with Crippen LogP contribution in [0, 0.1) is 0 Å². The number of hydrogen-bond donors (Lipinski definition) is 7. The van der Waals surface area contributed by atoms with Crippen LogP contribution in [0.15, 0.2) is 0 Å². The first-order chi connectivity index (χ1) is 12.2. The predicted molar refractivity (Wildman–Crippen MR) is 84.9 cm³/mol. The van der Waals surface area contributed by atoms with Gasteiger partial charge in [-0.1, -0.05) is 0 Å². The lowest BCUT2D eigenvalue weighted by molar-refractivity contribution is -0.142. The number of carbonyl (C=O) groups is 5. The molecule has 0 aromatic rings. The topological polar surface area (TPSA) is 194 Å². The fraction of sp³-hybridized carbons (Fsp3) is 0.643. The van der Waals surface area contributed by atoms with Gasteiger partial charge in [-0.3, -0.25) is 24.0 Å². The predicted octanol–water partition coefficient (Wildman–Crippen LogP) is -3.62. The molecule has 0 aromatic heterocycles. The van der Waals surface area contributed by atoms with Crippen LogP contribution in [0.5, 0.6) is 0 Å². The average molecular weight is 374 g/mol. The zero-order valence-electron chi connectivity index (χ0n) is 13.9. The Hall–Kier alpha value is -2.73. The molecule has 12 heteroatoms. The van der Waals surface area contributed by atoms with Crippen molar-refractivity contribution in [2.24, 2.45) is 0 Å². The van der Waals surface area contributed by atoms with Crippen LogP contribution in [0.3, 0.4) is 0 Å². The number of aliphatic hydroxyl groups excluding tert-OH is 1. The highest BCUT2D eigenvalue weighted by atomic mass is 16.4. The Balaban J connectivity index is 2.70. The summed E-state index contributed by atoms with van der Waals surface area (Å²) in [6.07, 6.45) is 0.591. The van der Waals surface area contributed by atoms with E-state index in [-0.39, 0.29) is 0 Å². The molecule has 0 spiro atoms. The van der Waals surface area contributed by atoms with Crippen molar-refractivity contribution >= 4 is 29.7 Å². The molecular weight excluding hydrogens is 352 g/mol. The van der Waals surface area contributed by atoms with Crippen molar-refractivity contribution < 1.29 is 39.3 Å². The maximum Gasteiger partial charge on any atom is 0.322 e. The largest absolute Gasteiger partial charge is 0.481 e. The van der Waals surface area contributed by atoms with Crippen LogP contribution in [0.4, 0.5) is 0 Å².